The highest BCUT2D eigenvalue weighted by atomic mass is 32.2. The molecule has 0 saturated carbocycles. The van der Waals surface area contributed by atoms with Gasteiger partial charge in [0.1, 0.15) is 0 Å². The summed E-state index contributed by atoms with van der Waals surface area (Å²) in [5.41, 5.74) is -0.725. The lowest BCUT2D eigenvalue weighted by molar-refractivity contribution is -0.388. The molecule has 0 atom stereocenters. The van der Waals surface area contributed by atoms with Crippen LogP contribution >= 0.6 is 0 Å². The van der Waals surface area contributed by atoms with Gasteiger partial charge in [-0.15, -0.1) is 0 Å². The molecule has 0 bridgehead atoms. The van der Waals surface area contributed by atoms with Crippen LogP contribution in [0.25, 0.3) is 0 Å². The van der Waals surface area contributed by atoms with Gasteiger partial charge < -0.3 is 4.18 Å². The molecule has 0 fully saturated rings. The maximum absolute atomic E-state index is 12.1. The Kier molecular flexibility index (Phi) is 4.89. The van der Waals surface area contributed by atoms with Crippen molar-refractivity contribution in [1.82, 2.24) is 4.98 Å². The number of nitro groups is 1. The van der Waals surface area contributed by atoms with Crippen LogP contribution in [-0.2, 0) is 20.0 Å². The fourth-order valence-electron chi connectivity index (χ4n) is 1.50. The van der Waals surface area contributed by atoms with Crippen LogP contribution in [0.15, 0.2) is 17.2 Å². The summed E-state index contributed by atoms with van der Waals surface area (Å²) in [4.78, 5) is 13.5. The topological polar surface area (TPSA) is 134 Å². The summed E-state index contributed by atoms with van der Waals surface area (Å²) in [5, 5.41) is 10.1. The van der Waals surface area contributed by atoms with Gasteiger partial charge in [0, 0.05) is 12.1 Å². The lowest BCUT2D eigenvalue weighted by Crippen LogP contribution is -2.16. The predicted molar refractivity (Wildman–Crippen MR) is 73.3 cm³/mol. The summed E-state index contributed by atoms with van der Waals surface area (Å²) in [6, 6.07) is 1.77. The van der Waals surface area contributed by atoms with Gasteiger partial charge in [0.25, 0.3) is 0 Å². The Morgan fingerprint density at radius 1 is 1.29 bits per heavy atom. The minimum atomic E-state index is -4.04. The molecule has 1 rings (SSSR count). The van der Waals surface area contributed by atoms with Crippen molar-refractivity contribution in [2.24, 2.45) is 5.92 Å². The molecule has 0 radical (unpaired) electrons. The number of hydrogen-bond donors (Lipinski definition) is 0. The van der Waals surface area contributed by atoms with Crippen LogP contribution in [0, 0.1) is 16.0 Å². The number of nitrogens with zero attached hydrogens (tertiary/aromatic N) is 2. The van der Waals surface area contributed by atoms with Crippen molar-refractivity contribution in [3.8, 4) is 5.88 Å². The van der Waals surface area contributed by atoms with Crippen molar-refractivity contribution in [3.05, 3.63) is 22.2 Å². The van der Waals surface area contributed by atoms with Crippen molar-refractivity contribution in [3.63, 3.8) is 0 Å². The maximum Gasteiger partial charge on any atom is 0.307 e. The summed E-state index contributed by atoms with van der Waals surface area (Å²) < 4.78 is 50.7. The zero-order valence-corrected chi connectivity index (χ0v) is 13.1. The molecule has 1 aromatic heterocycles. The molecule has 0 aromatic carbocycles. The van der Waals surface area contributed by atoms with E-state index in [2.05, 4.69) is 9.17 Å². The molecule has 21 heavy (non-hydrogen) atoms. The van der Waals surface area contributed by atoms with Gasteiger partial charge in [0.05, 0.1) is 16.9 Å². The number of hydrogen-bond acceptors (Lipinski definition) is 8. The molecule has 1 aromatic rings. The van der Waals surface area contributed by atoms with Crippen LogP contribution in [0.3, 0.4) is 0 Å². The van der Waals surface area contributed by atoms with E-state index in [0.29, 0.717) is 0 Å². The first-order valence-electron chi connectivity index (χ1n) is 5.70. The van der Waals surface area contributed by atoms with Gasteiger partial charge in [-0.1, -0.05) is 13.8 Å². The smallest absolute Gasteiger partial charge is 0.307 e. The molecule has 118 valence electrons. The molecule has 0 aliphatic heterocycles. The van der Waals surface area contributed by atoms with E-state index < -0.39 is 41.5 Å². The molecular formula is C10H14N2O7S2. The standard InChI is InChI=1S/C10H14N2O7S2/c1-7(2)6-21(17,18)10-8(12(13)14)4-5-9(11-10)19-20(3,15)16/h4-5,7H,6H2,1-3H3. The number of aromatic nitrogens is 1. The molecule has 0 saturated heterocycles. The number of pyridine rings is 1. The molecule has 0 unspecified atom stereocenters. The quantitative estimate of drug-likeness (QED) is 0.421. The van der Waals surface area contributed by atoms with Gasteiger partial charge in [0.2, 0.25) is 20.7 Å². The SMILES string of the molecule is CC(C)CS(=O)(=O)c1nc(OS(C)(=O)=O)ccc1[N+](=O)[O-]. The van der Waals surface area contributed by atoms with Crippen molar-refractivity contribution < 1.29 is 25.9 Å². The van der Waals surface area contributed by atoms with E-state index in [4.69, 9.17) is 0 Å². The highest BCUT2D eigenvalue weighted by Crippen LogP contribution is 2.26. The van der Waals surface area contributed by atoms with Crippen molar-refractivity contribution in [2.75, 3.05) is 12.0 Å². The van der Waals surface area contributed by atoms with Crippen LogP contribution in [0.4, 0.5) is 5.69 Å². The molecule has 11 heteroatoms. The number of sulfone groups is 1. The Morgan fingerprint density at radius 3 is 2.29 bits per heavy atom. The zero-order chi connectivity index (χ0) is 16.4. The summed E-state index contributed by atoms with van der Waals surface area (Å²) in [7, 11) is -7.96. The van der Waals surface area contributed by atoms with Crippen LogP contribution < -0.4 is 4.18 Å². The summed E-state index contributed by atoms with van der Waals surface area (Å²) in [6.07, 6.45) is 0.748. The van der Waals surface area contributed by atoms with Gasteiger partial charge in [-0.3, -0.25) is 10.1 Å². The van der Waals surface area contributed by atoms with E-state index in [1.54, 1.807) is 13.8 Å². The molecule has 0 aliphatic carbocycles. The van der Waals surface area contributed by atoms with Gasteiger partial charge >= 0.3 is 15.8 Å². The monoisotopic (exact) mass is 338 g/mol. The van der Waals surface area contributed by atoms with Gasteiger partial charge in [-0.05, 0) is 5.92 Å². The van der Waals surface area contributed by atoms with Crippen LogP contribution in [0.5, 0.6) is 5.88 Å². The van der Waals surface area contributed by atoms with E-state index >= 15 is 0 Å². The highest BCUT2D eigenvalue weighted by molar-refractivity contribution is 7.91. The van der Waals surface area contributed by atoms with Crippen LogP contribution in [0.1, 0.15) is 13.8 Å². The first-order valence-corrected chi connectivity index (χ1v) is 9.17. The normalized spacial score (nSPS) is 12.4. The van der Waals surface area contributed by atoms with Crippen molar-refractivity contribution in [2.45, 2.75) is 18.9 Å². The van der Waals surface area contributed by atoms with Gasteiger partial charge in [-0.25, -0.2) is 8.42 Å². The van der Waals surface area contributed by atoms with Gasteiger partial charge in [-0.2, -0.15) is 13.4 Å². The predicted octanol–water partition coefficient (Wildman–Crippen LogP) is 0.758. The fourth-order valence-corrected chi connectivity index (χ4v) is 3.63. The van der Waals surface area contributed by atoms with E-state index in [0.717, 1.165) is 18.4 Å². The third kappa shape index (κ3) is 4.93. The van der Waals surface area contributed by atoms with Crippen LogP contribution in [-0.4, -0.2) is 38.8 Å². The van der Waals surface area contributed by atoms with E-state index in [-0.39, 0.29) is 11.7 Å². The first kappa shape index (κ1) is 17.3. The second kappa shape index (κ2) is 5.93. The zero-order valence-electron chi connectivity index (χ0n) is 11.5. The molecule has 0 N–H and O–H groups in total. The van der Waals surface area contributed by atoms with Gasteiger partial charge in [0.15, 0.2) is 0 Å². The third-order valence-electron chi connectivity index (χ3n) is 2.10. The highest BCUT2D eigenvalue weighted by Gasteiger charge is 2.29. The second-order valence-corrected chi connectivity index (χ2v) is 8.22. The second-order valence-electron chi connectivity index (χ2n) is 4.69. The Balaban J connectivity index is 3.45. The Labute approximate surface area is 122 Å². The largest absolute Gasteiger partial charge is 0.362 e. The van der Waals surface area contributed by atoms with Crippen molar-refractivity contribution in [1.29, 1.82) is 0 Å². The average molecular weight is 338 g/mol. The van der Waals surface area contributed by atoms with E-state index in [9.17, 15) is 26.9 Å². The van der Waals surface area contributed by atoms with E-state index in [1.807, 2.05) is 0 Å². The maximum atomic E-state index is 12.1. The molecule has 9 nitrogen and oxygen atoms in total. The van der Waals surface area contributed by atoms with E-state index in [1.165, 1.54) is 0 Å². The molecule has 0 amide bonds. The summed E-state index contributed by atoms with van der Waals surface area (Å²) in [5.74, 6) is -1.18. The van der Waals surface area contributed by atoms with Crippen molar-refractivity contribution >= 4 is 25.6 Å². The molecular weight excluding hydrogens is 324 g/mol. The lowest BCUT2D eigenvalue weighted by Gasteiger charge is -2.08. The minimum absolute atomic E-state index is 0.282. The van der Waals surface area contributed by atoms with Crippen LogP contribution in [0.2, 0.25) is 0 Å². The minimum Gasteiger partial charge on any atom is -0.362 e. The summed E-state index contributed by atoms with van der Waals surface area (Å²) in [6.45, 7) is 3.25. The average Bonchev–Trinajstić information content (AvgIpc) is 2.24. The Bertz CT molecular complexity index is 754. The molecule has 0 spiro atoms. The Morgan fingerprint density at radius 2 is 1.86 bits per heavy atom. The fraction of sp³-hybridized carbons (Fsp3) is 0.500. The Hall–Kier alpha value is -1.75. The molecule has 0 aliphatic rings. The third-order valence-corrected chi connectivity index (χ3v) is 4.56. The lowest BCUT2D eigenvalue weighted by atomic mass is 10.3. The summed E-state index contributed by atoms with van der Waals surface area (Å²) >= 11 is 0. The number of rotatable bonds is 6. The molecule has 1 heterocycles. The first-order chi connectivity index (χ1) is 9.42.